The van der Waals surface area contributed by atoms with Crippen molar-refractivity contribution in [3.8, 4) is 10.6 Å². The van der Waals surface area contributed by atoms with E-state index in [-0.39, 0.29) is 10.6 Å². The average Bonchev–Trinajstić information content (AvgIpc) is 2.73. The third-order valence-electron chi connectivity index (χ3n) is 2.14. The van der Waals surface area contributed by atoms with E-state index in [9.17, 15) is 8.78 Å². The molecule has 0 amide bonds. The van der Waals surface area contributed by atoms with E-state index in [1.807, 2.05) is 0 Å². The molecule has 84 valence electrons. The lowest BCUT2D eigenvalue weighted by molar-refractivity contribution is 0.583. The molecule has 1 aromatic carbocycles. The van der Waals surface area contributed by atoms with Gasteiger partial charge < -0.3 is 5.32 Å². The molecule has 0 atom stereocenters. The van der Waals surface area contributed by atoms with Gasteiger partial charge in [-0.05, 0) is 18.6 Å². The maximum Gasteiger partial charge on any atom is 0.205 e. The lowest BCUT2D eigenvalue weighted by atomic mass is 10.1. The largest absolute Gasteiger partial charge is 0.363 e. The maximum atomic E-state index is 13.7. The van der Waals surface area contributed by atoms with Gasteiger partial charge in [0.2, 0.25) is 5.13 Å². The smallest absolute Gasteiger partial charge is 0.205 e. The highest BCUT2D eigenvalue weighted by atomic mass is 32.1. The predicted molar refractivity (Wildman–Crippen MR) is 59.5 cm³/mol. The molecule has 1 aromatic heterocycles. The zero-order valence-electron chi connectivity index (χ0n) is 8.71. The number of rotatable bonds is 2. The second kappa shape index (κ2) is 4.13. The van der Waals surface area contributed by atoms with Gasteiger partial charge in [0.15, 0.2) is 5.01 Å². The molecule has 0 bridgehead atoms. The molecule has 1 N–H and O–H groups in total. The summed E-state index contributed by atoms with van der Waals surface area (Å²) in [4.78, 5) is 0. The second-order valence-electron chi connectivity index (χ2n) is 3.22. The van der Waals surface area contributed by atoms with E-state index in [0.29, 0.717) is 10.7 Å². The van der Waals surface area contributed by atoms with Gasteiger partial charge in [0.25, 0.3) is 0 Å². The van der Waals surface area contributed by atoms with Crippen LogP contribution in [0.2, 0.25) is 0 Å². The highest BCUT2D eigenvalue weighted by Gasteiger charge is 2.17. The van der Waals surface area contributed by atoms with Crippen molar-refractivity contribution in [2.75, 3.05) is 12.4 Å². The summed E-state index contributed by atoms with van der Waals surface area (Å²) >= 11 is 1.11. The molecule has 2 aromatic rings. The van der Waals surface area contributed by atoms with E-state index < -0.39 is 11.6 Å². The third-order valence-corrected chi connectivity index (χ3v) is 3.10. The van der Waals surface area contributed by atoms with Gasteiger partial charge in [-0.15, -0.1) is 10.2 Å². The van der Waals surface area contributed by atoms with Crippen LogP contribution in [0, 0.1) is 18.6 Å². The van der Waals surface area contributed by atoms with Gasteiger partial charge in [0, 0.05) is 7.05 Å². The van der Waals surface area contributed by atoms with Crippen molar-refractivity contribution >= 4 is 16.5 Å². The van der Waals surface area contributed by atoms with Crippen molar-refractivity contribution in [3.63, 3.8) is 0 Å². The van der Waals surface area contributed by atoms with Gasteiger partial charge in [-0.2, -0.15) is 0 Å². The van der Waals surface area contributed by atoms with Gasteiger partial charge in [0.1, 0.15) is 11.6 Å². The molecular weight excluding hydrogens is 232 g/mol. The Hall–Kier alpha value is -1.56. The van der Waals surface area contributed by atoms with Gasteiger partial charge in [0.05, 0.1) is 5.56 Å². The Balaban J connectivity index is 2.58. The fraction of sp³-hybridized carbons (Fsp3) is 0.200. The van der Waals surface area contributed by atoms with Gasteiger partial charge >= 0.3 is 0 Å². The summed E-state index contributed by atoms with van der Waals surface area (Å²) in [6.07, 6.45) is 0. The number of benzene rings is 1. The highest BCUT2D eigenvalue weighted by molar-refractivity contribution is 7.18. The predicted octanol–water partition coefficient (Wildman–Crippen LogP) is 2.83. The number of anilines is 1. The Morgan fingerprint density at radius 3 is 2.62 bits per heavy atom. The lowest BCUT2D eigenvalue weighted by Gasteiger charge is -2.02. The van der Waals surface area contributed by atoms with Crippen molar-refractivity contribution < 1.29 is 8.78 Å². The molecule has 0 saturated heterocycles. The zero-order chi connectivity index (χ0) is 11.7. The van der Waals surface area contributed by atoms with Crippen LogP contribution in [0.15, 0.2) is 12.1 Å². The molecule has 0 unspecified atom stereocenters. The van der Waals surface area contributed by atoms with Gasteiger partial charge in [-0.25, -0.2) is 8.78 Å². The molecule has 3 nitrogen and oxygen atoms in total. The minimum Gasteiger partial charge on any atom is -0.363 e. The molecule has 0 aliphatic rings. The molecule has 0 aliphatic carbocycles. The maximum absolute atomic E-state index is 13.7. The molecule has 0 aliphatic heterocycles. The molecule has 2 rings (SSSR count). The Morgan fingerprint density at radius 2 is 2.00 bits per heavy atom. The number of hydrogen-bond acceptors (Lipinski definition) is 4. The zero-order valence-corrected chi connectivity index (χ0v) is 9.53. The standard InChI is InChI=1S/C10H9F2N3S/c1-5-3-4-6(11)7(8(5)12)9-14-15-10(13-2)16-9/h3-4H,1-2H3,(H,13,15). The first-order valence-electron chi connectivity index (χ1n) is 4.59. The van der Waals surface area contributed by atoms with Gasteiger partial charge in [-0.3, -0.25) is 0 Å². The summed E-state index contributed by atoms with van der Waals surface area (Å²) < 4.78 is 27.2. The van der Waals surface area contributed by atoms with Crippen LogP contribution in [0.25, 0.3) is 10.6 Å². The van der Waals surface area contributed by atoms with E-state index >= 15 is 0 Å². The fourth-order valence-corrected chi connectivity index (χ4v) is 2.02. The van der Waals surface area contributed by atoms with E-state index in [2.05, 4.69) is 15.5 Å². The minimum absolute atomic E-state index is 0.112. The minimum atomic E-state index is -0.623. The summed E-state index contributed by atoms with van der Waals surface area (Å²) in [6.45, 7) is 1.58. The first-order chi connectivity index (χ1) is 7.63. The second-order valence-corrected chi connectivity index (χ2v) is 4.19. The number of hydrogen-bond donors (Lipinski definition) is 1. The van der Waals surface area contributed by atoms with Crippen LogP contribution in [0.5, 0.6) is 0 Å². The molecule has 0 fully saturated rings. The first-order valence-corrected chi connectivity index (χ1v) is 5.41. The van der Waals surface area contributed by atoms with Crippen molar-refractivity contribution in [1.82, 2.24) is 10.2 Å². The molecule has 0 spiro atoms. The SMILES string of the molecule is CNc1nnc(-c2c(F)ccc(C)c2F)s1. The first kappa shape index (κ1) is 10.9. The summed E-state index contributed by atoms with van der Waals surface area (Å²) in [7, 11) is 1.67. The summed E-state index contributed by atoms with van der Waals surface area (Å²) in [5.41, 5.74) is 0.275. The van der Waals surface area contributed by atoms with Crippen LogP contribution in [0.4, 0.5) is 13.9 Å². The Kier molecular flexibility index (Phi) is 2.82. The monoisotopic (exact) mass is 241 g/mol. The molecule has 0 saturated carbocycles. The summed E-state index contributed by atoms with van der Waals surface area (Å²) in [5.74, 6) is -1.21. The van der Waals surface area contributed by atoms with E-state index in [4.69, 9.17) is 0 Å². The van der Waals surface area contributed by atoms with Crippen LogP contribution >= 0.6 is 11.3 Å². The number of aromatic nitrogens is 2. The van der Waals surface area contributed by atoms with Crippen molar-refractivity contribution in [1.29, 1.82) is 0 Å². The third kappa shape index (κ3) is 1.76. The molecule has 16 heavy (non-hydrogen) atoms. The lowest BCUT2D eigenvalue weighted by Crippen LogP contribution is -1.92. The van der Waals surface area contributed by atoms with E-state index in [1.165, 1.54) is 12.1 Å². The van der Waals surface area contributed by atoms with Crippen LogP contribution in [0.1, 0.15) is 5.56 Å². The number of nitrogens with zero attached hydrogens (tertiary/aromatic N) is 2. The fourth-order valence-electron chi connectivity index (χ4n) is 1.28. The van der Waals surface area contributed by atoms with Crippen LogP contribution in [-0.2, 0) is 0 Å². The topological polar surface area (TPSA) is 37.8 Å². The summed E-state index contributed by atoms with van der Waals surface area (Å²) in [5, 5.41) is 11.0. The average molecular weight is 241 g/mol. The van der Waals surface area contributed by atoms with E-state index in [0.717, 1.165) is 11.3 Å². The van der Waals surface area contributed by atoms with Crippen molar-refractivity contribution in [3.05, 3.63) is 29.3 Å². The molecule has 6 heteroatoms. The van der Waals surface area contributed by atoms with Gasteiger partial charge in [-0.1, -0.05) is 17.4 Å². The molecular formula is C10H9F2N3S. The summed E-state index contributed by atoms with van der Waals surface area (Å²) in [6, 6.07) is 2.63. The quantitative estimate of drug-likeness (QED) is 0.878. The molecule has 1 heterocycles. The van der Waals surface area contributed by atoms with Crippen molar-refractivity contribution in [2.24, 2.45) is 0 Å². The molecule has 0 radical (unpaired) electrons. The normalized spacial score (nSPS) is 10.5. The van der Waals surface area contributed by atoms with Crippen LogP contribution in [0.3, 0.4) is 0 Å². The Bertz CT molecular complexity index is 525. The number of aryl methyl sites for hydroxylation is 1. The van der Waals surface area contributed by atoms with Crippen LogP contribution < -0.4 is 5.32 Å². The van der Waals surface area contributed by atoms with E-state index in [1.54, 1.807) is 14.0 Å². The Morgan fingerprint density at radius 1 is 1.25 bits per heavy atom. The number of halogens is 2. The highest BCUT2D eigenvalue weighted by Crippen LogP contribution is 2.31. The Labute approximate surface area is 95.1 Å². The van der Waals surface area contributed by atoms with Crippen molar-refractivity contribution in [2.45, 2.75) is 6.92 Å². The van der Waals surface area contributed by atoms with Crippen LogP contribution in [-0.4, -0.2) is 17.2 Å². The number of nitrogens with one attached hydrogen (secondary N) is 1.